The normalized spacial score (nSPS) is 12.2. The monoisotopic (exact) mass is 314 g/mol. The van der Waals surface area contributed by atoms with E-state index in [1.807, 2.05) is 27.7 Å². The maximum atomic E-state index is 12.1. The second kappa shape index (κ2) is 6.10. The molecule has 0 fully saturated rings. The predicted molar refractivity (Wildman–Crippen MR) is 88.5 cm³/mol. The highest BCUT2D eigenvalue weighted by Gasteiger charge is 2.18. The fourth-order valence-electron chi connectivity index (χ4n) is 1.54. The Labute approximate surface area is 126 Å². The topological polar surface area (TPSA) is 72.2 Å². The summed E-state index contributed by atoms with van der Waals surface area (Å²) in [5, 5.41) is 0. The van der Waals surface area contributed by atoms with Crippen molar-refractivity contribution in [2.45, 2.75) is 34.1 Å². The zero-order valence-electron chi connectivity index (χ0n) is 12.4. The first kappa shape index (κ1) is 16.9. The number of benzene rings is 1. The van der Waals surface area contributed by atoms with E-state index in [4.69, 9.17) is 18.0 Å². The third-order valence-electron chi connectivity index (χ3n) is 2.91. The van der Waals surface area contributed by atoms with Gasteiger partial charge in [-0.3, -0.25) is 4.72 Å². The molecule has 0 radical (unpaired) electrons. The van der Waals surface area contributed by atoms with Crippen LogP contribution in [0, 0.1) is 12.3 Å². The first-order valence-corrected chi connectivity index (χ1v) is 8.47. The minimum absolute atomic E-state index is 0.0233. The quantitative estimate of drug-likeness (QED) is 0.820. The molecule has 0 heterocycles. The van der Waals surface area contributed by atoms with E-state index in [2.05, 4.69) is 4.72 Å². The van der Waals surface area contributed by atoms with Gasteiger partial charge in [0.1, 0.15) is 4.99 Å². The van der Waals surface area contributed by atoms with Crippen molar-refractivity contribution >= 4 is 32.9 Å². The molecule has 1 aromatic carbocycles. The van der Waals surface area contributed by atoms with Gasteiger partial charge in [0.2, 0.25) is 10.0 Å². The number of nitrogens with two attached hydrogens (primary N) is 1. The molecule has 0 saturated carbocycles. The van der Waals surface area contributed by atoms with Gasteiger partial charge in [0.25, 0.3) is 0 Å². The third-order valence-corrected chi connectivity index (χ3v) is 4.42. The number of nitrogens with one attached hydrogen (secondary N) is 1. The Morgan fingerprint density at radius 3 is 2.45 bits per heavy atom. The molecule has 0 saturated heterocycles. The fraction of sp³-hybridized carbons (Fsp3) is 0.500. The van der Waals surface area contributed by atoms with Crippen molar-refractivity contribution in [2.75, 3.05) is 10.5 Å². The lowest BCUT2D eigenvalue weighted by atomic mass is 9.94. The molecule has 0 aromatic heterocycles. The minimum Gasteiger partial charge on any atom is -0.389 e. The predicted octanol–water partition coefficient (Wildman–Crippen LogP) is 2.81. The van der Waals surface area contributed by atoms with E-state index >= 15 is 0 Å². The summed E-state index contributed by atoms with van der Waals surface area (Å²) in [4.78, 5) is 0.250. The zero-order valence-corrected chi connectivity index (χ0v) is 14.0. The number of hydrogen-bond acceptors (Lipinski definition) is 3. The summed E-state index contributed by atoms with van der Waals surface area (Å²) in [6, 6.07) is 5.26. The Morgan fingerprint density at radius 1 is 1.35 bits per heavy atom. The van der Waals surface area contributed by atoms with Gasteiger partial charge in [0.05, 0.1) is 11.4 Å². The molecule has 0 aliphatic carbocycles. The van der Waals surface area contributed by atoms with E-state index in [1.165, 1.54) is 0 Å². The van der Waals surface area contributed by atoms with Crippen LogP contribution in [0.4, 0.5) is 5.69 Å². The highest BCUT2D eigenvalue weighted by atomic mass is 32.2. The largest absolute Gasteiger partial charge is 0.389 e. The van der Waals surface area contributed by atoms with Gasteiger partial charge in [-0.05, 0) is 30.4 Å². The standard InChI is InChI=1S/C14H22N2O2S2/c1-10-5-6-11(13(15)19)9-12(10)16-20(17,18)8-7-14(2,3)4/h5-6,9,16H,7-8H2,1-4H3,(H2,15,19). The second-order valence-electron chi connectivity index (χ2n) is 6.13. The second-order valence-corrected chi connectivity index (χ2v) is 8.41. The first-order valence-electron chi connectivity index (χ1n) is 6.41. The summed E-state index contributed by atoms with van der Waals surface area (Å²) < 4.78 is 26.8. The molecule has 1 aromatic rings. The van der Waals surface area contributed by atoms with Crippen LogP contribution in [0.2, 0.25) is 0 Å². The highest BCUT2D eigenvalue weighted by Crippen LogP contribution is 2.22. The van der Waals surface area contributed by atoms with E-state index in [-0.39, 0.29) is 16.2 Å². The van der Waals surface area contributed by atoms with Gasteiger partial charge in [-0.2, -0.15) is 0 Å². The van der Waals surface area contributed by atoms with Gasteiger partial charge in [0, 0.05) is 5.56 Å². The maximum absolute atomic E-state index is 12.1. The lowest BCUT2D eigenvalue weighted by molar-refractivity contribution is 0.397. The molecular formula is C14H22N2O2S2. The lowest BCUT2D eigenvalue weighted by Gasteiger charge is -2.18. The van der Waals surface area contributed by atoms with Gasteiger partial charge in [-0.25, -0.2) is 8.42 Å². The average molecular weight is 314 g/mol. The summed E-state index contributed by atoms with van der Waals surface area (Å²) in [5.74, 6) is 0.0905. The summed E-state index contributed by atoms with van der Waals surface area (Å²) >= 11 is 4.91. The fourth-order valence-corrected chi connectivity index (χ4v) is 3.21. The van der Waals surface area contributed by atoms with E-state index < -0.39 is 10.0 Å². The van der Waals surface area contributed by atoms with E-state index in [0.717, 1.165) is 5.56 Å². The summed E-state index contributed by atoms with van der Waals surface area (Å²) in [5.41, 5.74) is 7.56. The van der Waals surface area contributed by atoms with E-state index in [9.17, 15) is 8.42 Å². The molecule has 0 aliphatic heterocycles. The Hall–Kier alpha value is -1.14. The Kier molecular flexibility index (Phi) is 5.15. The Balaban J connectivity index is 2.92. The van der Waals surface area contributed by atoms with Crippen molar-refractivity contribution in [3.05, 3.63) is 29.3 Å². The number of hydrogen-bond donors (Lipinski definition) is 2. The molecule has 4 nitrogen and oxygen atoms in total. The molecule has 3 N–H and O–H groups in total. The average Bonchev–Trinajstić information content (AvgIpc) is 2.28. The van der Waals surface area contributed by atoms with Crippen LogP contribution in [0.3, 0.4) is 0 Å². The molecular weight excluding hydrogens is 292 g/mol. The molecule has 0 spiro atoms. The lowest BCUT2D eigenvalue weighted by Crippen LogP contribution is -2.21. The smallest absolute Gasteiger partial charge is 0.232 e. The maximum Gasteiger partial charge on any atom is 0.232 e. The molecule has 20 heavy (non-hydrogen) atoms. The summed E-state index contributed by atoms with van der Waals surface area (Å²) in [6.45, 7) is 7.88. The molecule has 0 atom stereocenters. The van der Waals surface area contributed by atoms with Crippen molar-refractivity contribution in [2.24, 2.45) is 11.1 Å². The molecule has 1 rings (SSSR count). The van der Waals surface area contributed by atoms with Gasteiger partial charge in [-0.1, -0.05) is 45.1 Å². The number of thiocarbonyl (C=S) groups is 1. The molecule has 0 amide bonds. The van der Waals surface area contributed by atoms with Crippen LogP contribution in [-0.4, -0.2) is 19.2 Å². The van der Waals surface area contributed by atoms with Crippen LogP contribution in [0.15, 0.2) is 18.2 Å². The highest BCUT2D eigenvalue weighted by molar-refractivity contribution is 7.92. The number of rotatable bonds is 5. The van der Waals surface area contributed by atoms with Crippen LogP contribution >= 0.6 is 12.2 Å². The zero-order chi connectivity index (χ0) is 15.6. The third kappa shape index (κ3) is 5.46. The SMILES string of the molecule is Cc1ccc(C(N)=S)cc1NS(=O)(=O)CCC(C)(C)C. The molecule has 6 heteroatoms. The van der Waals surface area contributed by atoms with E-state index in [1.54, 1.807) is 18.2 Å². The number of aryl methyl sites for hydroxylation is 1. The van der Waals surface area contributed by atoms with Crippen molar-refractivity contribution in [3.8, 4) is 0 Å². The van der Waals surface area contributed by atoms with Crippen molar-refractivity contribution in [3.63, 3.8) is 0 Å². The molecule has 0 aliphatic rings. The Morgan fingerprint density at radius 2 is 1.95 bits per heavy atom. The minimum atomic E-state index is -3.37. The van der Waals surface area contributed by atoms with Crippen LogP contribution in [-0.2, 0) is 10.0 Å². The van der Waals surface area contributed by atoms with Gasteiger partial charge >= 0.3 is 0 Å². The first-order chi connectivity index (χ1) is 9.00. The number of sulfonamides is 1. The van der Waals surface area contributed by atoms with Crippen LogP contribution in [0.5, 0.6) is 0 Å². The molecule has 0 unspecified atom stereocenters. The van der Waals surface area contributed by atoms with Gasteiger partial charge in [-0.15, -0.1) is 0 Å². The van der Waals surface area contributed by atoms with Crippen LogP contribution in [0.25, 0.3) is 0 Å². The summed E-state index contributed by atoms with van der Waals surface area (Å²) in [6.07, 6.45) is 0.594. The molecule has 112 valence electrons. The van der Waals surface area contributed by atoms with Crippen LogP contribution < -0.4 is 10.5 Å². The van der Waals surface area contributed by atoms with Crippen molar-refractivity contribution in [1.29, 1.82) is 0 Å². The number of anilines is 1. The van der Waals surface area contributed by atoms with E-state index in [0.29, 0.717) is 17.7 Å². The molecule has 0 bridgehead atoms. The van der Waals surface area contributed by atoms with Gasteiger partial charge < -0.3 is 5.73 Å². The van der Waals surface area contributed by atoms with Crippen molar-refractivity contribution < 1.29 is 8.42 Å². The van der Waals surface area contributed by atoms with Crippen molar-refractivity contribution in [1.82, 2.24) is 0 Å². The summed E-state index contributed by atoms with van der Waals surface area (Å²) in [7, 11) is -3.37. The van der Waals surface area contributed by atoms with Gasteiger partial charge in [0.15, 0.2) is 0 Å². The van der Waals surface area contributed by atoms with Crippen LogP contribution in [0.1, 0.15) is 38.3 Å². The Bertz CT molecular complexity index is 602.